The number of nitrogens with one attached hydrogen (secondary N) is 1. The third-order valence-electron chi connectivity index (χ3n) is 16.0. The van der Waals surface area contributed by atoms with Crippen molar-refractivity contribution in [3.8, 4) is 0 Å². The van der Waals surface area contributed by atoms with E-state index in [2.05, 4.69) is 79.9 Å². The van der Waals surface area contributed by atoms with Crippen molar-refractivity contribution in [3.05, 3.63) is 72.9 Å². The molecular weight excluding hydrogens is 995 g/mol. The molecule has 1 fully saturated rings. The van der Waals surface area contributed by atoms with Gasteiger partial charge in [-0.3, -0.25) is 4.79 Å². The Morgan fingerprint density at radius 1 is 0.425 bits per heavy atom. The number of allylic oxidation sites excluding steroid dienone is 11. The van der Waals surface area contributed by atoms with Crippen molar-refractivity contribution in [3.63, 3.8) is 0 Å². The largest absolute Gasteiger partial charge is 0.394 e. The highest BCUT2D eigenvalue weighted by Crippen LogP contribution is 2.23. The number of ether oxygens (including phenoxy) is 2. The second-order valence-electron chi connectivity index (χ2n) is 23.6. The summed E-state index contributed by atoms with van der Waals surface area (Å²) >= 11 is 0. The predicted molar refractivity (Wildman–Crippen MR) is 341 cm³/mol. The van der Waals surface area contributed by atoms with Crippen LogP contribution in [0.4, 0.5) is 0 Å². The first-order chi connectivity index (χ1) is 39.3. The van der Waals surface area contributed by atoms with Gasteiger partial charge in [0.25, 0.3) is 0 Å². The van der Waals surface area contributed by atoms with E-state index in [0.29, 0.717) is 6.42 Å². The van der Waals surface area contributed by atoms with E-state index in [1.165, 1.54) is 238 Å². The molecule has 7 atom stereocenters. The summed E-state index contributed by atoms with van der Waals surface area (Å²) in [7, 11) is 0. The van der Waals surface area contributed by atoms with Gasteiger partial charge in [0.2, 0.25) is 5.91 Å². The molecule has 9 nitrogen and oxygen atoms in total. The molecule has 0 saturated carbocycles. The van der Waals surface area contributed by atoms with Crippen molar-refractivity contribution in [1.29, 1.82) is 0 Å². The molecule has 1 aliphatic rings. The number of carbonyl (C=O) groups excluding carboxylic acids is 1. The van der Waals surface area contributed by atoms with Crippen molar-refractivity contribution < 1.29 is 39.8 Å². The third kappa shape index (κ3) is 48.0. The van der Waals surface area contributed by atoms with Crippen LogP contribution >= 0.6 is 0 Å². The van der Waals surface area contributed by atoms with Gasteiger partial charge in [0.05, 0.1) is 25.4 Å². The highest BCUT2D eigenvalue weighted by atomic mass is 16.7. The highest BCUT2D eigenvalue weighted by Gasteiger charge is 2.44. The van der Waals surface area contributed by atoms with Gasteiger partial charge in [-0.1, -0.05) is 299 Å². The normalized spacial score (nSPS) is 18.9. The summed E-state index contributed by atoms with van der Waals surface area (Å²) in [5, 5.41) is 54.7. The van der Waals surface area contributed by atoms with Crippen molar-refractivity contribution >= 4 is 5.91 Å². The molecule has 0 aromatic heterocycles. The maximum absolute atomic E-state index is 13.1. The van der Waals surface area contributed by atoms with E-state index in [1.54, 1.807) is 6.08 Å². The van der Waals surface area contributed by atoms with Crippen molar-refractivity contribution in [2.75, 3.05) is 13.2 Å². The number of amides is 1. The topological polar surface area (TPSA) is 149 Å². The Labute approximate surface area is 493 Å². The van der Waals surface area contributed by atoms with Crippen LogP contribution < -0.4 is 5.32 Å². The standard InChI is InChI=1S/C71H129NO8/c1-3-5-7-9-11-13-15-17-19-21-23-25-27-29-31-32-33-34-35-37-39-41-43-45-47-49-51-53-55-57-59-61-67(75)72-64(63-79-71-70(78)69(77)68(76)66(62-73)80-71)65(74)60-58-56-54-52-50-48-46-44-42-40-38-36-30-28-26-24-22-20-18-16-14-12-10-8-6-4-2/h15,17,21,23,27,29,42,44,50,52,58,60,64-66,68-71,73-74,76-78H,3-14,16,18-20,22,24-26,28,30-41,43,45-49,51,53-57,59,61-63H2,1-2H3,(H,72,75)/b17-15-,23-21-,29-27-,44-42+,52-50+,60-58+. The summed E-state index contributed by atoms with van der Waals surface area (Å²) in [5.74, 6) is -0.189. The Bertz CT molecular complexity index is 1490. The number of aliphatic hydroxyl groups is 5. The lowest BCUT2D eigenvalue weighted by Crippen LogP contribution is -2.60. The smallest absolute Gasteiger partial charge is 0.220 e. The van der Waals surface area contributed by atoms with Gasteiger partial charge in [-0.05, 0) is 83.5 Å². The minimum atomic E-state index is -1.58. The number of rotatable bonds is 59. The van der Waals surface area contributed by atoms with E-state index >= 15 is 0 Å². The molecule has 6 N–H and O–H groups in total. The van der Waals surface area contributed by atoms with Crippen LogP contribution in [0.2, 0.25) is 0 Å². The Kier molecular flexibility index (Phi) is 56.5. The molecule has 9 heteroatoms. The fraction of sp³-hybridized carbons (Fsp3) is 0.817. The van der Waals surface area contributed by atoms with E-state index in [1.807, 2.05) is 6.08 Å². The van der Waals surface area contributed by atoms with Crippen molar-refractivity contribution in [2.45, 2.75) is 358 Å². The summed E-state index contributed by atoms with van der Waals surface area (Å²) in [6.45, 7) is 3.78. The average Bonchev–Trinajstić information content (AvgIpc) is 3.46. The number of unbranched alkanes of at least 4 members (excludes halogenated alkanes) is 39. The molecule has 1 saturated heterocycles. The second-order valence-corrected chi connectivity index (χ2v) is 23.6. The summed E-state index contributed by atoms with van der Waals surface area (Å²) in [6.07, 6.45) is 77.1. The van der Waals surface area contributed by atoms with Crippen LogP contribution in [0.1, 0.15) is 316 Å². The van der Waals surface area contributed by atoms with Gasteiger partial charge in [0.15, 0.2) is 6.29 Å². The predicted octanol–water partition coefficient (Wildman–Crippen LogP) is 18.4. The molecule has 1 amide bonds. The van der Waals surface area contributed by atoms with Crippen LogP contribution in [0.25, 0.3) is 0 Å². The average molecular weight is 1120 g/mol. The second kappa shape index (κ2) is 59.8. The minimum Gasteiger partial charge on any atom is -0.394 e. The van der Waals surface area contributed by atoms with Crippen LogP contribution in [0.3, 0.4) is 0 Å². The number of aliphatic hydroxyl groups excluding tert-OH is 5. The molecule has 7 unspecified atom stereocenters. The lowest BCUT2D eigenvalue weighted by molar-refractivity contribution is -0.302. The molecule has 0 aliphatic carbocycles. The number of hydrogen-bond donors (Lipinski definition) is 6. The maximum atomic E-state index is 13.1. The van der Waals surface area contributed by atoms with Gasteiger partial charge in [0, 0.05) is 6.42 Å². The van der Waals surface area contributed by atoms with Crippen LogP contribution in [0.15, 0.2) is 72.9 Å². The molecule has 0 aromatic rings. The number of carbonyl (C=O) groups is 1. The summed E-state index contributed by atoms with van der Waals surface area (Å²) in [5.41, 5.74) is 0. The van der Waals surface area contributed by atoms with Gasteiger partial charge in [-0.2, -0.15) is 0 Å². The molecule has 80 heavy (non-hydrogen) atoms. The molecular formula is C71H129NO8. The fourth-order valence-corrected chi connectivity index (χ4v) is 10.6. The van der Waals surface area contributed by atoms with E-state index in [0.717, 1.165) is 57.8 Å². The quantitative estimate of drug-likeness (QED) is 0.0261. The zero-order chi connectivity index (χ0) is 57.9. The SMILES string of the molecule is CCCCCCC/C=C\C/C=C\C/C=C\CCCCCCCCCCCCCCCCCCC(=O)NC(COC1OC(CO)C(O)C(O)C1O)C(O)/C=C/CC/C=C/CC/C=C/CCCCCCCCCCCCCCCCCC. The lowest BCUT2D eigenvalue weighted by atomic mass is 9.99. The summed E-state index contributed by atoms with van der Waals surface area (Å²) in [6, 6.07) is -0.832. The first kappa shape index (κ1) is 75.6. The lowest BCUT2D eigenvalue weighted by Gasteiger charge is -2.40. The van der Waals surface area contributed by atoms with Gasteiger partial charge in [-0.25, -0.2) is 0 Å². The van der Waals surface area contributed by atoms with E-state index < -0.39 is 49.5 Å². The highest BCUT2D eigenvalue weighted by molar-refractivity contribution is 5.76. The van der Waals surface area contributed by atoms with E-state index in [4.69, 9.17) is 9.47 Å². The maximum Gasteiger partial charge on any atom is 0.220 e. The van der Waals surface area contributed by atoms with Crippen molar-refractivity contribution in [2.24, 2.45) is 0 Å². The molecule has 0 spiro atoms. The first-order valence-corrected chi connectivity index (χ1v) is 34.2. The van der Waals surface area contributed by atoms with Crippen molar-refractivity contribution in [1.82, 2.24) is 5.32 Å². The van der Waals surface area contributed by atoms with Gasteiger partial charge in [0.1, 0.15) is 24.4 Å². The van der Waals surface area contributed by atoms with Crippen LogP contribution in [-0.2, 0) is 14.3 Å². The molecule has 1 heterocycles. The summed E-state index contributed by atoms with van der Waals surface area (Å²) < 4.78 is 11.3. The van der Waals surface area contributed by atoms with E-state index in [9.17, 15) is 30.3 Å². The minimum absolute atomic E-state index is 0.189. The van der Waals surface area contributed by atoms with Gasteiger partial charge < -0.3 is 40.3 Å². The van der Waals surface area contributed by atoms with Crippen LogP contribution in [-0.4, -0.2) is 87.5 Å². The molecule has 0 aromatic carbocycles. The zero-order valence-corrected chi connectivity index (χ0v) is 52.1. The Hall–Kier alpha value is -2.37. The fourth-order valence-electron chi connectivity index (χ4n) is 10.6. The molecule has 1 aliphatic heterocycles. The van der Waals surface area contributed by atoms with Gasteiger partial charge in [-0.15, -0.1) is 0 Å². The van der Waals surface area contributed by atoms with E-state index in [-0.39, 0.29) is 12.5 Å². The Balaban J connectivity index is 2.18. The molecule has 1 rings (SSSR count). The van der Waals surface area contributed by atoms with Gasteiger partial charge >= 0.3 is 0 Å². The Morgan fingerprint density at radius 2 is 0.750 bits per heavy atom. The zero-order valence-electron chi connectivity index (χ0n) is 52.1. The third-order valence-corrected chi connectivity index (χ3v) is 16.0. The van der Waals surface area contributed by atoms with Crippen LogP contribution in [0.5, 0.6) is 0 Å². The Morgan fingerprint density at radius 3 is 1.14 bits per heavy atom. The first-order valence-electron chi connectivity index (χ1n) is 34.2. The number of hydrogen-bond acceptors (Lipinski definition) is 8. The molecule has 0 bridgehead atoms. The van der Waals surface area contributed by atoms with Crippen LogP contribution in [0, 0.1) is 0 Å². The molecule has 466 valence electrons. The monoisotopic (exact) mass is 1120 g/mol. The molecule has 0 radical (unpaired) electrons. The summed E-state index contributed by atoms with van der Waals surface area (Å²) in [4.78, 5) is 13.1.